The molecule has 1 amide bonds. The Morgan fingerprint density at radius 3 is 2.62 bits per heavy atom. The summed E-state index contributed by atoms with van der Waals surface area (Å²) in [7, 11) is 0. The van der Waals surface area contributed by atoms with Gasteiger partial charge >= 0.3 is 0 Å². The number of nitrogens with zero attached hydrogens (tertiary/aromatic N) is 1. The number of fused-ring (bicyclic) bond motifs is 1. The van der Waals surface area contributed by atoms with Crippen molar-refractivity contribution in [2.45, 2.75) is 20.3 Å². The van der Waals surface area contributed by atoms with Gasteiger partial charge < -0.3 is 10.3 Å². The van der Waals surface area contributed by atoms with Crippen LogP contribution in [0.25, 0.3) is 23.4 Å². The molecule has 26 heavy (non-hydrogen) atoms. The highest BCUT2D eigenvalue weighted by Crippen LogP contribution is 2.24. The van der Waals surface area contributed by atoms with Gasteiger partial charge in [-0.25, -0.2) is 0 Å². The van der Waals surface area contributed by atoms with Gasteiger partial charge in [0.2, 0.25) is 0 Å². The van der Waals surface area contributed by atoms with E-state index in [2.05, 4.69) is 53.4 Å². The minimum Gasteiger partial charge on any atom is -0.358 e. The van der Waals surface area contributed by atoms with Crippen molar-refractivity contribution in [2.24, 2.45) is 0 Å². The van der Waals surface area contributed by atoms with Gasteiger partial charge in [-0.15, -0.1) is 0 Å². The monoisotopic (exact) mass is 343 g/mol. The lowest BCUT2D eigenvalue weighted by Gasteiger charge is -2.10. The summed E-state index contributed by atoms with van der Waals surface area (Å²) in [5, 5.41) is 2.88. The summed E-state index contributed by atoms with van der Waals surface area (Å²) in [5.41, 5.74) is 8.30. The zero-order valence-electron chi connectivity index (χ0n) is 15.0. The van der Waals surface area contributed by atoms with Gasteiger partial charge in [0.15, 0.2) is 0 Å². The van der Waals surface area contributed by atoms with Crippen LogP contribution in [-0.2, 0) is 6.42 Å². The van der Waals surface area contributed by atoms with E-state index in [1.165, 1.54) is 16.7 Å². The molecule has 0 radical (unpaired) electrons. The van der Waals surface area contributed by atoms with Crippen LogP contribution < -0.4 is 5.32 Å². The fourth-order valence-electron chi connectivity index (χ4n) is 3.44. The Hall–Kier alpha value is -3.14. The topological polar surface area (TPSA) is 57.8 Å². The summed E-state index contributed by atoms with van der Waals surface area (Å²) in [4.78, 5) is 19.8. The Morgan fingerprint density at radius 1 is 1.04 bits per heavy atom. The van der Waals surface area contributed by atoms with Crippen molar-refractivity contribution in [3.63, 3.8) is 0 Å². The molecule has 3 aromatic rings. The Labute approximate surface area is 153 Å². The summed E-state index contributed by atoms with van der Waals surface area (Å²) in [6.07, 6.45) is 6.74. The molecule has 4 rings (SSSR count). The largest absolute Gasteiger partial charge is 0.358 e. The molecule has 130 valence electrons. The van der Waals surface area contributed by atoms with Gasteiger partial charge in [-0.05, 0) is 43.7 Å². The Balaban J connectivity index is 1.63. The van der Waals surface area contributed by atoms with Crippen LogP contribution in [0, 0.1) is 13.8 Å². The second kappa shape index (κ2) is 6.64. The number of H-pyrrole nitrogens is 1. The van der Waals surface area contributed by atoms with Gasteiger partial charge in [-0.3, -0.25) is 9.78 Å². The van der Waals surface area contributed by atoms with E-state index < -0.39 is 0 Å². The van der Waals surface area contributed by atoms with Gasteiger partial charge in [0, 0.05) is 36.1 Å². The Bertz CT molecular complexity index is 994. The average molecular weight is 343 g/mol. The van der Waals surface area contributed by atoms with Gasteiger partial charge in [-0.2, -0.15) is 0 Å². The summed E-state index contributed by atoms with van der Waals surface area (Å²) < 4.78 is 0. The molecule has 1 aromatic carbocycles. The van der Waals surface area contributed by atoms with Crippen molar-refractivity contribution < 1.29 is 4.79 Å². The molecule has 0 spiro atoms. The van der Waals surface area contributed by atoms with Crippen LogP contribution in [-0.4, -0.2) is 22.4 Å². The highest BCUT2D eigenvalue weighted by atomic mass is 16.1. The highest BCUT2D eigenvalue weighted by Gasteiger charge is 2.19. The number of benzene rings is 1. The maximum atomic E-state index is 12.0. The lowest BCUT2D eigenvalue weighted by molar-refractivity contribution is 0.0946. The maximum Gasteiger partial charge on any atom is 0.253 e. The standard InChI is InChI=1S/C22H21N3O/c1-14-9-15(2)11-16(10-14)3-4-18-12-17(5-7-23-18)21-13-19-20(25-21)6-8-24-22(19)26/h3-5,7,9-13,25H,6,8H2,1-2H3,(H,24,26)/b4-3-. The van der Waals surface area contributed by atoms with E-state index >= 15 is 0 Å². The average Bonchev–Trinajstić information content (AvgIpc) is 3.05. The molecule has 1 aliphatic heterocycles. The number of hydrogen-bond donors (Lipinski definition) is 2. The van der Waals surface area contributed by atoms with Crippen LogP contribution in [0.3, 0.4) is 0 Å². The van der Waals surface area contributed by atoms with E-state index in [4.69, 9.17) is 0 Å². The van der Waals surface area contributed by atoms with Crippen molar-refractivity contribution in [3.8, 4) is 11.3 Å². The molecule has 0 bridgehead atoms. The highest BCUT2D eigenvalue weighted by molar-refractivity contribution is 5.97. The zero-order chi connectivity index (χ0) is 18.1. The van der Waals surface area contributed by atoms with Crippen molar-refractivity contribution in [2.75, 3.05) is 6.54 Å². The van der Waals surface area contributed by atoms with Gasteiger partial charge in [0.25, 0.3) is 5.91 Å². The van der Waals surface area contributed by atoms with E-state index in [9.17, 15) is 4.79 Å². The van der Waals surface area contributed by atoms with E-state index in [1.807, 2.05) is 24.3 Å². The second-order valence-electron chi connectivity index (χ2n) is 6.80. The van der Waals surface area contributed by atoms with Crippen molar-refractivity contribution in [1.29, 1.82) is 0 Å². The van der Waals surface area contributed by atoms with Crippen molar-refractivity contribution >= 4 is 18.1 Å². The smallest absolute Gasteiger partial charge is 0.253 e. The Morgan fingerprint density at radius 2 is 1.85 bits per heavy atom. The van der Waals surface area contributed by atoms with E-state index in [-0.39, 0.29) is 5.91 Å². The van der Waals surface area contributed by atoms with Crippen molar-refractivity contribution in [1.82, 2.24) is 15.3 Å². The SMILES string of the molecule is Cc1cc(C)cc(/C=C\c2cc(-c3cc4c([nH]3)CCNC4=O)ccn2)c1. The molecular formula is C22H21N3O. The number of nitrogens with one attached hydrogen (secondary N) is 2. The van der Waals surface area contributed by atoms with Gasteiger partial charge in [-0.1, -0.05) is 35.4 Å². The van der Waals surface area contributed by atoms with E-state index in [1.54, 1.807) is 6.20 Å². The van der Waals surface area contributed by atoms with Crippen LogP contribution in [0.15, 0.2) is 42.6 Å². The molecule has 4 heteroatoms. The number of rotatable bonds is 3. The minimum absolute atomic E-state index is 0.00209. The van der Waals surface area contributed by atoms with Crippen LogP contribution >= 0.6 is 0 Å². The molecule has 2 aromatic heterocycles. The number of amides is 1. The van der Waals surface area contributed by atoms with Gasteiger partial charge in [0.05, 0.1) is 11.3 Å². The zero-order valence-corrected chi connectivity index (χ0v) is 15.0. The summed E-state index contributed by atoms with van der Waals surface area (Å²) in [5.74, 6) is -0.00209. The lowest BCUT2D eigenvalue weighted by atomic mass is 10.1. The van der Waals surface area contributed by atoms with Crippen LogP contribution in [0.5, 0.6) is 0 Å². The first-order valence-electron chi connectivity index (χ1n) is 8.81. The van der Waals surface area contributed by atoms with Crippen molar-refractivity contribution in [3.05, 3.63) is 76.2 Å². The molecule has 4 nitrogen and oxygen atoms in total. The lowest BCUT2D eigenvalue weighted by Crippen LogP contribution is -2.31. The third-order valence-electron chi connectivity index (χ3n) is 4.59. The molecule has 0 aliphatic carbocycles. The van der Waals surface area contributed by atoms with E-state index in [0.717, 1.165) is 34.6 Å². The molecular weight excluding hydrogens is 322 g/mol. The normalized spacial score (nSPS) is 13.7. The third-order valence-corrected chi connectivity index (χ3v) is 4.59. The molecule has 1 aliphatic rings. The molecule has 2 N–H and O–H groups in total. The first kappa shape index (κ1) is 16.3. The first-order valence-corrected chi connectivity index (χ1v) is 8.81. The summed E-state index contributed by atoms with van der Waals surface area (Å²) in [6.45, 7) is 4.89. The minimum atomic E-state index is -0.00209. The number of pyridine rings is 1. The number of aryl methyl sites for hydroxylation is 2. The molecule has 3 heterocycles. The summed E-state index contributed by atoms with van der Waals surface area (Å²) in [6, 6.07) is 12.4. The number of aromatic amines is 1. The molecule has 0 saturated heterocycles. The first-order chi connectivity index (χ1) is 12.6. The number of carbonyl (C=O) groups excluding carboxylic acids is 1. The molecule has 0 saturated carbocycles. The predicted molar refractivity (Wildman–Crippen MR) is 105 cm³/mol. The fraction of sp³-hybridized carbons (Fsp3) is 0.182. The summed E-state index contributed by atoms with van der Waals surface area (Å²) >= 11 is 0. The number of carbonyl (C=O) groups is 1. The molecule has 0 unspecified atom stereocenters. The fourth-order valence-corrected chi connectivity index (χ4v) is 3.44. The van der Waals surface area contributed by atoms with Crippen LogP contribution in [0.4, 0.5) is 0 Å². The second-order valence-corrected chi connectivity index (χ2v) is 6.80. The maximum absolute atomic E-state index is 12.0. The predicted octanol–water partition coefficient (Wildman–Crippen LogP) is 4.15. The van der Waals surface area contributed by atoms with Crippen LogP contribution in [0.1, 0.15) is 38.4 Å². The third kappa shape index (κ3) is 3.31. The quantitative estimate of drug-likeness (QED) is 0.750. The number of hydrogen-bond acceptors (Lipinski definition) is 2. The molecule has 0 fully saturated rings. The Kier molecular flexibility index (Phi) is 4.17. The van der Waals surface area contributed by atoms with Gasteiger partial charge in [0.1, 0.15) is 0 Å². The van der Waals surface area contributed by atoms with Crippen LogP contribution in [0.2, 0.25) is 0 Å². The molecule has 0 atom stereocenters. The van der Waals surface area contributed by atoms with E-state index in [0.29, 0.717) is 6.54 Å². The number of aromatic nitrogens is 2.